The van der Waals surface area contributed by atoms with Crippen molar-refractivity contribution < 1.29 is 4.42 Å². The molecule has 154 valence electrons. The summed E-state index contributed by atoms with van der Waals surface area (Å²) in [6.07, 6.45) is 1.86. The van der Waals surface area contributed by atoms with E-state index >= 15 is 0 Å². The predicted molar refractivity (Wildman–Crippen MR) is 127 cm³/mol. The van der Waals surface area contributed by atoms with Gasteiger partial charge in [-0.15, -0.1) is 0 Å². The first kappa shape index (κ1) is 20.1. The normalized spacial score (nSPS) is 12.9. The van der Waals surface area contributed by atoms with E-state index in [4.69, 9.17) is 4.42 Å². The number of para-hydroxylation sites is 2. The van der Waals surface area contributed by atoms with Crippen LogP contribution in [-0.2, 0) is 10.8 Å². The van der Waals surface area contributed by atoms with E-state index < -0.39 is 0 Å². The molecule has 0 unspecified atom stereocenters. The van der Waals surface area contributed by atoms with Gasteiger partial charge in [-0.25, -0.2) is 5.43 Å². The topological polar surface area (TPSA) is 50.4 Å². The Morgan fingerprint density at radius 2 is 1.63 bits per heavy atom. The smallest absolute Gasteiger partial charge is 0.316 e. The molecule has 0 bridgehead atoms. The number of hydrogen-bond acceptors (Lipinski definition) is 4. The summed E-state index contributed by atoms with van der Waals surface area (Å²) in [6, 6.07) is 19.3. The van der Waals surface area contributed by atoms with Gasteiger partial charge in [0.25, 0.3) is 0 Å². The molecule has 30 heavy (non-hydrogen) atoms. The number of nitrogens with one attached hydrogen (secondary N) is 1. The average Bonchev–Trinajstić information content (AvgIpc) is 3.08. The van der Waals surface area contributed by atoms with E-state index in [1.807, 2.05) is 30.5 Å². The Bertz CT molecular complexity index is 1200. The molecule has 1 heterocycles. The molecule has 4 heteroatoms. The average molecular weight is 400 g/mol. The minimum absolute atomic E-state index is 0.00411. The Balaban J connectivity index is 1.71. The molecule has 0 radical (unpaired) electrons. The summed E-state index contributed by atoms with van der Waals surface area (Å²) in [7, 11) is 0. The number of oxazole rings is 1. The molecular formula is C26H29N3O. The van der Waals surface area contributed by atoms with Crippen LogP contribution in [0, 0.1) is 0 Å². The van der Waals surface area contributed by atoms with Gasteiger partial charge in [-0.05, 0) is 62.6 Å². The lowest BCUT2D eigenvalue weighted by molar-refractivity contribution is 0.589. The van der Waals surface area contributed by atoms with Gasteiger partial charge in [-0.3, -0.25) is 0 Å². The standard InChI is InChI=1S/C26H29N3O/c1-25(2,3)20-12-11-17-15-21(26(4,5)6)19(13-18(17)14-20)16-27-29-24-28-22-9-7-8-10-23(22)30-24/h7-16H,1-6H3,(H,28,29)/b27-16+. The fraction of sp³-hybridized carbons (Fsp3) is 0.308. The third kappa shape index (κ3) is 4.09. The third-order valence-corrected chi connectivity index (χ3v) is 5.34. The molecule has 3 aromatic carbocycles. The van der Waals surface area contributed by atoms with Gasteiger partial charge in [0.2, 0.25) is 0 Å². The van der Waals surface area contributed by atoms with Crippen LogP contribution in [0.25, 0.3) is 21.9 Å². The number of nitrogens with zero attached hydrogens (tertiary/aromatic N) is 2. The van der Waals surface area contributed by atoms with Crippen LogP contribution < -0.4 is 5.43 Å². The number of benzene rings is 3. The van der Waals surface area contributed by atoms with E-state index in [0.717, 1.165) is 16.7 Å². The maximum atomic E-state index is 5.69. The van der Waals surface area contributed by atoms with Crippen LogP contribution in [0.5, 0.6) is 0 Å². The summed E-state index contributed by atoms with van der Waals surface area (Å²) in [6.45, 7) is 13.4. The van der Waals surface area contributed by atoms with Crippen molar-refractivity contribution in [1.29, 1.82) is 0 Å². The highest BCUT2D eigenvalue weighted by molar-refractivity contribution is 5.93. The Hall–Kier alpha value is -3.14. The molecule has 0 saturated carbocycles. The van der Waals surface area contributed by atoms with Crippen LogP contribution in [0.1, 0.15) is 58.2 Å². The number of aromatic nitrogens is 1. The van der Waals surface area contributed by atoms with Crippen LogP contribution in [0.3, 0.4) is 0 Å². The predicted octanol–water partition coefficient (Wildman–Crippen LogP) is 7.02. The number of hydrazone groups is 1. The first-order valence-corrected chi connectivity index (χ1v) is 10.3. The third-order valence-electron chi connectivity index (χ3n) is 5.34. The largest absolute Gasteiger partial charge is 0.422 e. The van der Waals surface area contributed by atoms with Crippen LogP contribution in [0.15, 0.2) is 64.1 Å². The van der Waals surface area contributed by atoms with E-state index in [2.05, 4.69) is 87.4 Å². The molecule has 0 fully saturated rings. The van der Waals surface area contributed by atoms with Gasteiger partial charge in [0.1, 0.15) is 5.52 Å². The molecule has 4 rings (SSSR count). The highest BCUT2D eigenvalue weighted by atomic mass is 16.4. The second-order valence-electron chi connectivity index (χ2n) is 9.86. The summed E-state index contributed by atoms with van der Waals surface area (Å²) in [5, 5.41) is 6.90. The molecule has 1 N–H and O–H groups in total. The lowest BCUT2D eigenvalue weighted by atomic mass is 9.81. The van der Waals surface area contributed by atoms with Gasteiger partial charge in [0.15, 0.2) is 5.58 Å². The maximum absolute atomic E-state index is 5.69. The number of hydrogen-bond donors (Lipinski definition) is 1. The van der Waals surface area contributed by atoms with Crippen molar-refractivity contribution in [2.75, 3.05) is 5.43 Å². The fourth-order valence-electron chi connectivity index (χ4n) is 3.62. The van der Waals surface area contributed by atoms with Crippen molar-refractivity contribution in [1.82, 2.24) is 4.98 Å². The Morgan fingerprint density at radius 1 is 0.867 bits per heavy atom. The Labute approximate surface area is 178 Å². The van der Waals surface area contributed by atoms with E-state index in [-0.39, 0.29) is 10.8 Å². The lowest BCUT2D eigenvalue weighted by Crippen LogP contribution is -2.15. The maximum Gasteiger partial charge on any atom is 0.316 e. The van der Waals surface area contributed by atoms with Crippen molar-refractivity contribution in [3.63, 3.8) is 0 Å². The molecule has 4 aromatic rings. The summed E-state index contributed by atoms with van der Waals surface area (Å²) in [5.41, 5.74) is 8.26. The molecule has 0 amide bonds. The summed E-state index contributed by atoms with van der Waals surface area (Å²) in [5.74, 6) is 0. The summed E-state index contributed by atoms with van der Waals surface area (Å²) >= 11 is 0. The highest BCUT2D eigenvalue weighted by Gasteiger charge is 2.19. The van der Waals surface area contributed by atoms with Gasteiger partial charge in [0.05, 0.1) is 6.21 Å². The molecular weight excluding hydrogens is 370 g/mol. The zero-order valence-corrected chi connectivity index (χ0v) is 18.6. The fourth-order valence-corrected chi connectivity index (χ4v) is 3.62. The Kier molecular flexibility index (Phi) is 4.89. The molecule has 0 aliphatic carbocycles. The first-order chi connectivity index (χ1) is 14.1. The number of rotatable bonds is 3. The van der Waals surface area contributed by atoms with Gasteiger partial charge in [0, 0.05) is 0 Å². The second kappa shape index (κ2) is 7.28. The molecule has 4 nitrogen and oxygen atoms in total. The van der Waals surface area contributed by atoms with Crippen molar-refractivity contribution in [3.05, 3.63) is 71.3 Å². The monoisotopic (exact) mass is 399 g/mol. The van der Waals surface area contributed by atoms with E-state index in [1.165, 1.54) is 21.9 Å². The summed E-state index contributed by atoms with van der Waals surface area (Å²) < 4.78 is 5.69. The van der Waals surface area contributed by atoms with Gasteiger partial charge >= 0.3 is 6.01 Å². The minimum Gasteiger partial charge on any atom is -0.422 e. The summed E-state index contributed by atoms with van der Waals surface area (Å²) in [4.78, 5) is 4.41. The van der Waals surface area contributed by atoms with Crippen LogP contribution in [0.2, 0.25) is 0 Å². The molecule has 1 aromatic heterocycles. The van der Waals surface area contributed by atoms with Crippen LogP contribution >= 0.6 is 0 Å². The Morgan fingerprint density at radius 3 is 2.33 bits per heavy atom. The lowest BCUT2D eigenvalue weighted by Gasteiger charge is -2.24. The van der Waals surface area contributed by atoms with Gasteiger partial charge in [-0.1, -0.05) is 71.9 Å². The molecule has 0 aliphatic heterocycles. The van der Waals surface area contributed by atoms with E-state index in [1.54, 1.807) is 0 Å². The zero-order chi connectivity index (χ0) is 21.5. The van der Waals surface area contributed by atoms with Crippen molar-refractivity contribution >= 4 is 34.1 Å². The number of fused-ring (bicyclic) bond motifs is 2. The first-order valence-electron chi connectivity index (χ1n) is 10.3. The van der Waals surface area contributed by atoms with Gasteiger partial charge in [-0.2, -0.15) is 10.1 Å². The molecule has 0 atom stereocenters. The van der Waals surface area contributed by atoms with E-state index in [0.29, 0.717) is 6.01 Å². The van der Waals surface area contributed by atoms with Gasteiger partial charge < -0.3 is 4.42 Å². The number of anilines is 1. The molecule has 0 spiro atoms. The zero-order valence-electron chi connectivity index (χ0n) is 18.6. The SMILES string of the molecule is CC(C)(C)c1ccc2cc(C(C)(C)C)c(/C=N/Nc3nc4ccccc4o3)cc2c1. The van der Waals surface area contributed by atoms with E-state index in [9.17, 15) is 0 Å². The van der Waals surface area contributed by atoms with Crippen molar-refractivity contribution in [3.8, 4) is 0 Å². The van der Waals surface area contributed by atoms with Crippen LogP contribution in [0.4, 0.5) is 6.01 Å². The highest BCUT2D eigenvalue weighted by Crippen LogP contribution is 2.32. The minimum atomic E-state index is -0.00411. The van der Waals surface area contributed by atoms with Crippen molar-refractivity contribution in [2.24, 2.45) is 5.10 Å². The quantitative estimate of drug-likeness (QED) is 0.297. The van der Waals surface area contributed by atoms with Crippen LogP contribution in [-0.4, -0.2) is 11.2 Å². The second-order valence-corrected chi connectivity index (χ2v) is 9.86. The molecule has 0 aliphatic rings. The molecule has 0 saturated heterocycles. The van der Waals surface area contributed by atoms with Crippen molar-refractivity contribution in [2.45, 2.75) is 52.4 Å².